The van der Waals surface area contributed by atoms with Crippen LogP contribution in [0, 0.1) is 12.3 Å². The zero-order chi connectivity index (χ0) is 26.4. The van der Waals surface area contributed by atoms with Gasteiger partial charge in [-0.05, 0) is 71.3 Å². The van der Waals surface area contributed by atoms with Gasteiger partial charge < -0.3 is 16.4 Å². The van der Waals surface area contributed by atoms with E-state index in [0.29, 0.717) is 12.0 Å². The smallest absolute Gasteiger partial charge is 0.312 e. The Morgan fingerprint density at radius 2 is 1.69 bits per heavy atom. The maximum absolute atomic E-state index is 11.1. The van der Waals surface area contributed by atoms with Crippen molar-refractivity contribution in [2.75, 3.05) is 0 Å². The van der Waals surface area contributed by atoms with Gasteiger partial charge in [-0.25, -0.2) is 4.79 Å². The molecule has 0 spiro atoms. The van der Waals surface area contributed by atoms with Gasteiger partial charge in [0, 0.05) is 13.5 Å². The lowest BCUT2D eigenvalue weighted by Gasteiger charge is -2.20. The Morgan fingerprint density at radius 3 is 2.26 bits per heavy atom. The minimum Gasteiger partial charge on any atom is -0.352 e. The molecule has 0 saturated carbocycles. The van der Waals surface area contributed by atoms with Crippen molar-refractivity contribution in [3.05, 3.63) is 69.8 Å². The number of benzene rings is 2. The summed E-state index contributed by atoms with van der Waals surface area (Å²) in [5.41, 5.74) is 13.4. The molecule has 0 saturated heterocycles. The molecule has 1 aliphatic rings. The lowest BCUT2D eigenvalue weighted by Crippen LogP contribution is -2.29. The van der Waals surface area contributed by atoms with Crippen LogP contribution >= 0.6 is 0 Å². The highest BCUT2D eigenvalue weighted by atomic mass is 16.2. The van der Waals surface area contributed by atoms with Crippen molar-refractivity contribution >= 4 is 11.9 Å². The van der Waals surface area contributed by atoms with E-state index < -0.39 is 6.03 Å². The molecular weight excluding hydrogens is 434 g/mol. The molecule has 0 bridgehead atoms. The summed E-state index contributed by atoms with van der Waals surface area (Å²) in [6.07, 6.45) is 4.26. The lowest BCUT2D eigenvalue weighted by atomic mass is 9.85. The van der Waals surface area contributed by atoms with Crippen molar-refractivity contribution in [2.45, 2.75) is 99.1 Å². The minimum atomic E-state index is -0.475. The topological polar surface area (TPSA) is 84.2 Å². The SMILES string of the molecule is CC(=O)NC1CCc2cc(C(C)(C)C)ccc21.Cc1ccc(CNC(N)=O)c(CCC(C)(C)C)c1. The molecule has 5 nitrogen and oxygen atoms in total. The van der Waals surface area contributed by atoms with Crippen LogP contribution in [0.3, 0.4) is 0 Å². The number of rotatable bonds is 5. The summed E-state index contributed by atoms with van der Waals surface area (Å²) in [5, 5.41) is 5.67. The van der Waals surface area contributed by atoms with E-state index in [-0.39, 0.29) is 17.4 Å². The number of nitrogens with one attached hydrogen (secondary N) is 2. The third kappa shape index (κ3) is 9.39. The van der Waals surface area contributed by atoms with Gasteiger partial charge in [0.2, 0.25) is 5.91 Å². The number of fused-ring (bicyclic) bond motifs is 1. The molecular formula is C30H45N3O2. The van der Waals surface area contributed by atoms with Crippen molar-refractivity contribution in [3.63, 3.8) is 0 Å². The molecule has 4 N–H and O–H groups in total. The first-order valence-electron chi connectivity index (χ1n) is 12.7. The maximum atomic E-state index is 11.1. The molecule has 5 heteroatoms. The van der Waals surface area contributed by atoms with Crippen LogP contribution in [0.5, 0.6) is 0 Å². The van der Waals surface area contributed by atoms with E-state index >= 15 is 0 Å². The van der Waals surface area contributed by atoms with E-state index in [9.17, 15) is 9.59 Å². The van der Waals surface area contributed by atoms with Crippen LogP contribution in [0.1, 0.15) is 101 Å². The zero-order valence-corrected chi connectivity index (χ0v) is 23.0. The number of nitrogens with two attached hydrogens (primary N) is 1. The van der Waals surface area contributed by atoms with Crippen LogP contribution in [-0.4, -0.2) is 11.9 Å². The zero-order valence-electron chi connectivity index (χ0n) is 23.0. The molecule has 1 aliphatic carbocycles. The van der Waals surface area contributed by atoms with E-state index in [2.05, 4.69) is 95.5 Å². The van der Waals surface area contributed by atoms with Crippen LogP contribution in [0.4, 0.5) is 4.79 Å². The number of carbonyl (C=O) groups excluding carboxylic acids is 2. The summed E-state index contributed by atoms with van der Waals surface area (Å²) in [7, 11) is 0. The molecule has 192 valence electrons. The molecule has 3 rings (SSSR count). The quantitative estimate of drug-likeness (QED) is 0.473. The second-order valence-electron chi connectivity index (χ2n) is 12.0. The van der Waals surface area contributed by atoms with Crippen LogP contribution in [0.25, 0.3) is 0 Å². The monoisotopic (exact) mass is 479 g/mol. The Labute approximate surface area is 212 Å². The predicted molar refractivity (Wildman–Crippen MR) is 145 cm³/mol. The number of hydrogen-bond donors (Lipinski definition) is 3. The van der Waals surface area contributed by atoms with E-state index in [1.165, 1.54) is 27.8 Å². The molecule has 35 heavy (non-hydrogen) atoms. The average molecular weight is 480 g/mol. The molecule has 0 heterocycles. The van der Waals surface area contributed by atoms with Gasteiger partial charge in [0.15, 0.2) is 0 Å². The van der Waals surface area contributed by atoms with Gasteiger partial charge in [0.1, 0.15) is 0 Å². The second-order valence-corrected chi connectivity index (χ2v) is 12.0. The Balaban J connectivity index is 0.000000247. The fourth-order valence-electron chi connectivity index (χ4n) is 4.33. The standard InChI is InChI=1S/C15H24N2O.C15H21NO/c1-11-5-6-13(10-17-14(16)18)12(9-11)7-8-15(2,3)4;1-10(17)16-14-8-5-11-9-12(15(2,3)4)6-7-13(11)14/h5-6,9H,7-8,10H2,1-4H3,(H3,16,17,18);6-7,9,14H,5,8H2,1-4H3,(H,16,17). The molecule has 0 radical (unpaired) electrons. The largest absolute Gasteiger partial charge is 0.352 e. The third-order valence-electron chi connectivity index (χ3n) is 6.42. The summed E-state index contributed by atoms with van der Waals surface area (Å²) >= 11 is 0. The Morgan fingerprint density at radius 1 is 1.00 bits per heavy atom. The summed E-state index contributed by atoms with van der Waals surface area (Å²) < 4.78 is 0. The molecule has 1 atom stereocenters. The molecule has 2 aromatic carbocycles. The second kappa shape index (κ2) is 11.7. The van der Waals surface area contributed by atoms with Gasteiger partial charge in [-0.15, -0.1) is 0 Å². The van der Waals surface area contributed by atoms with Crippen molar-refractivity contribution in [3.8, 4) is 0 Å². The normalized spacial score (nSPS) is 15.0. The fourth-order valence-corrected chi connectivity index (χ4v) is 4.33. The van der Waals surface area contributed by atoms with E-state index in [0.717, 1.165) is 31.2 Å². The number of urea groups is 1. The first kappa shape index (κ1) is 28.4. The number of hydrogen-bond acceptors (Lipinski definition) is 2. The van der Waals surface area contributed by atoms with E-state index in [1.54, 1.807) is 6.92 Å². The van der Waals surface area contributed by atoms with Gasteiger partial charge >= 0.3 is 6.03 Å². The number of carbonyl (C=O) groups is 2. The highest BCUT2D eigenvalue weighted by Gasteiger charge is 2.25. The van der Waals surface area contributed by atoms with E-state index in [4.69, 9.17) is 5.73 Å². The highest BCUT2D eigenvalue weighted by molar-refractivity contribution is 5.73. The summed E-state index contributed by atoms with van der Waals surface area (Å²) in [5.74, 6) is 0.0581. The lowest BCUT2D eigenvalue weighted by molar-refractivity contribution is -0.119. The Bertz CT molecular complexity index is 1030. The summed E-state index contributed by atoms with van der Waals surface area (Å²) in [4.78, 5) is 21.9. The fraction of sp³-hybridized carbons (Fsp3) is 0.533. The maximum Gasteiger partial charge on any atom is 0.312 e. The van der Waals surface area contributed by atoms with Crippen LogP contribution in [-0.2, 0) is 29.6 Å². The van der Waals surface area contributed by atoms with Gasteiger partial charge in [-0.3, -0.25) is 4.79 Å². The highest BCUT2D eigenvalue weighted by Crippen LogP contribution is 2.34. The molecule has 2 aromatic rings. The van der Waals surface area contributed by atoms with Crippen LogP contribution in [0.2, 0.25) is 0 Å². The molecule has 3 amide bonds. The minimum absolute atomic E-state index is 0.0581. The summed E-state index contributed by atoms with van der Waals surface area (Å²) in [6, 6.07) is 12.8. The van der Waals surface area contributed by atoms with E-state index in [1.807, 2.05) is 0 Å². The first-order chi connectivity index (χ1) is 16.2. The van der Waals surface area contributed by atoms with Crippen LogP contribution in [0.15, 0.2) is 36.4 Å². The van der Waals surface area contributed by atoms with Gasteiger partial charge in [0.25, 0.3) is 0 Å². The summed E-state index contributed by atoms with van der Waals surface area (Å²) in [6.45, 7) is 17.6. The van der Waals surface area contributed by atoms with Crippen molar-refractivity contribution in [2.24, 2.45) is 11.1 Å². The average Bonchev–Trinajstić information content (AvgIpc) is 3.12. The number of amides is 3. The third-order valence-corrected chi connectivity index (χ3v) is 6.42. The van der Waals surface area contributed by atoms with Gasteiger partial charge in [-0.1, -0.05) is 83.5 Å². The van der Waals surface area contributed by atoms with Crippen molar-refractivity contribution < 1.29 is 9.59 Å². The van der Waals surface area contributed by atoms with Crippen molar-refractivity contribution in [1.82, 2.24) is 10.6 Å². The number of primary amides is 1. The van der Waals surface area contributed by atoms with Crippen LogP contribution < -0.4 is 16.4 Å². The number of aryl methyl sites for hydroxylation is 3. The van der Waals surface area contributed by atoms with Gasteiger partial charge in [0.05, 0.1) is 6.04 Å². The first-order valence-corrected chi connectivity index (χ1v) is 12.7. The Hall–Kier alpha value is -2.82. The van der Waals surface area contributed by atoms with Crippen molar-refractivity contribution in [1.29, 1.82) is 0 Å². The predicted octanol–water partition coefficient (Wildman–Crippen LogP) is 6.25. The molecule has 0 fully saturated rings. The van der Waals surface area contributed by atoms with Gasteiger partial charge in [-0.2, -0.15) is 0 Å². The molecule has 0 aromatic heterocycles. The molecule has 1 unspecified atom stereocenters. The Kier molecular flexibility index (Phi) is 9.53. The molecule has 0 aliphatic heterocycles.